The smallest absolute Gasteiger partial charge is 0.358 e. The van der Waals surface area contributed by atoms with Crippen LogP contribution in [0, 0.1) is 0 Å². The van der Waals surface area contributed by atoms with Crippen molar-refractivity contribution in [1.82, 2.24) is 9.55 Å². The van der Waals surface area contributed by atoms with Crippen LogP contribution in [0.4, 0.5) is 5.82 Å². The Balaban J connectivity index is 1.72. The van der Waals surface area contributed by atoms with Crippen molar-refractivity contribution in [3.8, 4) is 0 Å². The molecule has 0 spiro atoms. The van der Waals surface area contributed by atoms with E-state index in [2.05, 4.69) is 4.98 Å². The van der Waals surface area contributed by atoms with Crippen molar-refractivity contribution < 1.29 is 28.9 Å². The molecule has 1 aromatic carbocycles. The predicted octanol–water partition coefficient (Wildman–Crippen LogP) is -1.03. The quantitative estimate of drug-likeness (QED) is 0.474. The molecule has 1 aliphatic rings. The molecule has 1 unspecified atom stereocenters. The van der Waals surface area contributed by atoms with E-state index in [1.807, 2.05) is 0 Å². The molecule has 1 fully saturated rings. The molecule has 11 heteroatoms. The summed E-state index contributed by atoms with van der Waals surface area (Å²) < 4.78 is 23.7. The fourth-order valence-corrected chi connectivity index (χ4v) is 3.63. The number of aliphatic hydroxyl groups excluding tert-OH is 2. The number of nitrogens with two attached hydrogens (primary N) is 1. The summed E-state index contributed by atoms with van der Waals surface area (Å²) in [6, 6.07) is 9.07. The number of aromatic nitrogens is 2. The molecule has 0 radical (unpaired) electrons. The van der Waals surface area contributed by atoms with Crippen molar-refractivity contribution in [3.63, 3.8) is 0 Å². The zero-order chi connectivity index (χ0) is 18.9. The van der Waals surface area contributed by atoms with Crippen LogP contribution in [0.1, 0.15) is 6.23 Å². The van der Waals surface area contributed by atoms with Crippen LogP contribution in [0.3, 0.4) is 0 Å². The van der Waals surface area contributed by atoms with Crippen LogP contribution in [0.15, 0.2) is 47.4 Å². The molecule has 2 aromatic rings. The number of nitrogens with zero attached hydrogens (tertiary/aromatic N) is 2. The maximum atomic E-state index is 12.3. The van der Waals surface area contributed by atoms with E-state index < -0.39 is 44.4 Å². The highest BCUT2D eigenvalue weighted by Crippen LogP contribution is 2.41. The van der Waals surface area contributed by atoms with Crippen molar-refractivity contribution in [1.29, 1.82) is 0 Å². The lowest BCUT2D eigenvalue weighted by Crippen LogP contribution is -2.36. The molecule has 0 amide bonds. The predicted molar refractivity (Wildman–Crippen MR) is 90.7 cm³/mol. The zero-order valence-corrected chi connectivity index (χ0v) is 14.3. The summed E-state index contributed by atoms with van der Waals surface area (Å²) in [6.07, 6.45) is -3.96. The summed E-state index contributed by atoms with van der Waals surface area (Å²) >= 11 is 0. The van der Waals surface area contributed by atoms with Crippen LogP contribution in [0.5, 0.6) is 0 Å². The lowest BCUT2D eigenvalue weighted by Gasteiger charge is -2.18. The monoisotopic (exact) mass is 383 g/mol. The van der Waals surface area contributed by atoms with Gasteiger partial charge in [-0.15, -0.1) is 0 Å². The zero-order valence-electron chi connectivity index (χ0n) is 13.5. The van der Waals surface area contributed by atoms with E-state index in [0.717, 1.165) is 4.57 Å². The molecule has 5 N–H and O–H groups in total. The van der Waals surface area contributed by atoms with Gasteiger partial charge in [-0.25, -0.2) is 4.79 Å². The van der Waals surface area contributed by atoms with Gasteiger partial charge >= 0.3 is 13.3 Å². The van der Waals surface area contributed by atoms with Gasteiger partial charge in [0.05, 0.1) is 11.9 Å². The van der Waals surface area contributed by atoms with E-state index in [1.165, 1.54) is 24.4 Å². The van der Waals surface area contributed by atoms with E-state index in [4.69, 9.17) is 15.0 Å². The van der Waals surface area contributed by atoms with Crippen LogP contribution in [0.2, 0.25) is 0 Å². The summed E-state index contributed by atoms with van der Waals surface area (Å²) in [7, 11) is -4.12. The minimum Gasteiger partial charge on any atom is -0.387 e. The Morgan fingerprint density at radius 2 is 1.92 bits per heavy atom. The SMILES string of the molecule is Nc1ccn([C@@H]2O[C@H](COP(=O)(O)c3ccccc3)[C@@H](O)[C@H]2O)c(=O)n1. The average molecular weight is 383 g/mol. The van der Waals surface area contributed by atoms with Gasteiger partial charge in [0, 0.05) is 6.20 Å². The van der Waals surface area contributed by atoms with Crippen molar-refractivity contribution in [2.24, 2.45) is 0 Å². The first-order valence-corrected chi connectivity index (χ1v) is 9.26. The van der Waals surface area contributed by atoms with Gasteiger partial charge in [0.15, 0.2) is 6.23 Å². The third-order valence-electron chi connectivity index (χ3n) is 3.96. The second kappa shape index (κ2) is 7.28. The normalized spacial score (nSPS) is 28.0. The van der Waals surface area contributed by atoms with Gasteiger partial charge in [-0.2, -0.15) is 4.98 Å². The van der Waals surface area contributed by atoms with Crippen molar-refractivity contribution in [2.75, 3.05) is 12.3 Å². The molecular formula is C15H18N3O7P. The first-order chi connectivity index (χ1) is 12.3. The Kier molecular flexibility index (Phi) is 5.24. The van der Waals surface area contributed by atoms with Crippen LogP contribution < -0.4 is 16.7 Å². The van der Waals surface area contributed by atoms with Crippen molar-refractivity contribution in [2.45, 2.75) is 24.5 Å². The fraction of sp³-hybridized carbons (Fsp3) is 0.333. The largest absolute Gasteiger partial charge is 0.387 e. The van der Waals surface area contributed by atoms with Gasteiger partial charge < -0.3 is 30.1 Å². The van der Waals surface area contributed by atoms with Gasteiger partial charge in [0.2, 0.25) is 0 Å². The van der Waals surface area contributed by atoms with Gasteiger partial charge in [0.1, 0.15) is 24.1 Å². The number of aliphatic hydroxyl groups is 2. The average Bonchev–Trinajstić information content (AvgIpc) is 2.89. The molecule has 26 heavy (non-hydrogen) atoms. The summed E-state index contributed by atoms with van der Waals surface area (Å²) in [5.41, 5.74) is 4.65. The fourth-order valence-electron chi connectivity index (χ4n) is 2.58. The van der Waals surface area contributed by atoms with E-state index in [0.29, 0.717) is 0 Å². The van der Waals surface area contributed by atoms with Gasteiger partial charge in [-0.3, -0.25) is 9.13 Å². The topological polar surface area (TPSA) is 157 Å². The molecule has 2 heterocycles. The number of hydrogen-bond acceptors (Lipinski definition) is 8. The molecule has 140 valence electrons. The Hall–Kier alpha value is -2.07. The first-order valence-electron chi connectivity index (χ1n) is 7.69. The van der Waals surface area contributed by atoms with Crippen molar-refractivity contribution in [3.05, 3.63) is 53.1 Å². The summed E-state index contributed by atoms with van der Waals surface area (Å²) in [5, 5.41) is 20.3. The van der Waals surface area contributed by atoms with Crippen LogP contribution in [-0.4, -0.2) is 49.6 Å². The van der Waals surface area contributed by atoms with Gasteiger partial charge in [0.25, 0.3) is 0 Å². The highest BCUT2D eigenvalue weighted by Gasteiger charge is 2.45. The number of ether oxygens (including phenoxy) is 1. The summed E-state index contributed by atoms with van der Waals surface area (Å²) in [4.78, 5) is 25.4. The standard InChI is InChI=1S/C15H18N3O7P/c16-11-6-7-18(15(21)17-11)14-13(20)12(19)10(25-14)8-24-26(22,23)9-4-2-1-3-5-9/h1-7,10,12-14,19-20H,8H2,(H,22,23)(H2,16,17,21)/t10-,12-,13-,14-/m1/s1. The van der Waals surface area contributed by atoms with E-state index in [9.17, 15) is 24.5 Å². The molecular weight excluding hydrogens is 365 g/mol. The maximum absolute atomic E-state index is 12.3. The second-order valence-corrected chi connectivity index (χ2v) is 7.56. The highest BCUT2D eigenvalue weighted by molar-refractivity contribution is 7.61. The lowest BCUT2D eigenvalue weighted by molar-refractivity contribution is -0.0521. The Labute approximate surface area is 148 Å². The number of rotatable bonds is 5. The molecule has 0 saturated carbocycles. The minimum absolute atomic E-state index is 0.00301. The molecule has 10 nitrogen and oxygen atoms in total. The van der Waals surface area contributed by atoms with Crippen LogP contribution >= 0.6 is 7.60 Å². The Bertz CT molecular complexity index is 875. The van der Waals surface area contributed by atoms with E-state index in [-0.39, 0.29) is 11.1 Å². The molecule has 1 saturated heterocycles. The third kappa shape index (κ3) is 3.70. The number of anilines is 1. The molecule has 0 bridgehead atoms. The van der Waals surface area contributed by atoms with Gasteiger partial charge in [-0.1, -0.05) is 18.2 Å². The minimum atomic E-state index is -4.12. The highest BCUT2D eigenvalue weighted by atomic mass is 31.2. The number of nitrogen functional groups attached to an aromatic ring is 1. The summed E-state index contributed by atoms with van der Waals surface area (Å²) in [5.74, 6) is 0.00301. The van der Waals surface area contributed by atoms with Gasteiger partial charge in [-0.05, 0) is 18.2 Å². The molecule has 1 aromatic heterocycles. The van der Waals surface area contributed by atoms with Crippen LogP contribution in [0.25, 0.3) is 0 Å². The Morgan fingerprint density at radius 3 is 2.58 bits per heavy atom. The second-order valence-electron chi connectivity index (χ2n) is 5.74. The number of benzene rings is 1. The third-order valence-corrected chi connectivity index (χ3v) is 5.41. The first kappa shape index (κ1) is 18.7. The summed E-state index contributed by atoms with van der Waals surface area (Å²) in [6.45, 7) is -0.464. The molecule has 3 rings (SSSR count). The van der Waals surface area contributed by atoms with Crippen LogP contribution in [-0.2, 0) is 13.8 Å². The number of hydrogen-bond donors (Lipinski definition) is 4. The molecule has 1 aliphatic heterocycles. The lowest BCUT2D eigenvalue weighted by atomic mass is 10.1. The maximum Gasteiger partial charge on any atom is 0.358 e. The molecule has 5 atom stereocenters. The Morgan fingerprint density at radius 1 is 1.23 bits per heavy atom. The van der Waals surface area contributed by atoms with Crippen molar-refractivity contribution >= 4 is 18.7 Å². The molecule has 0 aliphatic carbocycles. The van der Waals surface area contributed by atoms with E-state index in [1.54, 1.807) is 18.2 Å². The van der Waals surface area contributed by atoms with E-state index >= 15 is 0 Å².